The van der Waals surface area contributed by atoms with Crippen molar-refractivity contribution < 1.29 is 19.5 Å². The van der Waals surface area contributed by atoms with E-state index in [0.717, 1.165) is 29.5 Å². The molecule has 0 bridgehead atoms. The van der Waals surface area contributed by atoms with Crippen LogP contribution < -0.4 is 10.2 Å². The molecular formula is C35H40N4O4. The van der Waals surface area contributed by atoms with Crippen molar-refractivity contribution in [1.29, 1.82) is 0 Å². The lowest BCUT2D eigenvalue weighted by molar-refractivity contribution is -0.138. The number of hydrogen-bond donors (Lipinski definition) is 2. The number of aliphatic hydroxyl groups is 1. The molecule has 4 unspecified atom stereocenters. The highest BCUT2D eigenvalue weighted by molar-refractivity contribution is 6.05. The summed E-state index contributed by atoms with van der Waals surface area (Å²) in [6, 6.07) is 16.3. The quantitative estimate of drug-likeness (QED) is 0.391. The van der Waals surface area contributed by atoms with Crippen LogP contribution in [-0.4, -0.2) is 51.4 Å². The Labute approximate surface area is 253 Å². The third kappa shape index (κ3) is 6.25. The average Bonchev–Trinajstić information content (AvgIpc) is 3.33. The highest BCUT2D eigenvalue weighted by Gasteiger charge is 2.42. The lowest BCUT2D eigenvalue weighted by atomic mass is 9.87. The number of nitrogens with one attached hydrogen (secondary N) is 1. The number of hydrogen-bond acceptors (Lipinski definition) is 5. The van der Waals surface area contributed by atoms with Crippen molar-refractivity contribution in [3.05, 3.63) is 108 Å². The summed E-state index contributed by atoms with van der Waals surface area (Å²) in [6.07, 6.45) is 6.11. The highest BCUT2D eigenvalue weighted by atomic mass is 16.3. The first-order valence-corrected chi connectivity index (χ1v) is 14.9. The van der Waals surface area contributed by atoms with Gasteiger partial charge in [-0.15, -0.1) is 0 Å². The van der Waals surface area contributed by atoms with Crippen molar-refractivity contribution in [3.63, 3.8) is 0 Å². The third-order valence-electron chi connectivity index (χ3n) is 8.50. The summed E-state index contributed by atoms with van der Waals surface area (Å²) in [5.74, 6) is -1.11. The van der Waals surface area contributed by atoms with E-state index in [1.165, 1.54) is 11.0 Å². The summed E-state index contributed by atoms with van der Waals surface area (Å²) in [5.41, 5.74) is 3.85. The Morgan fingerprint density at radius 1 is 1.07 bits per heavy atom. The Bertz CT molecular complexity index is 1480. The Balaban J connectivity index is 1.61. The predicted molar refractivity (Wildman–Crippen MR) is 166 cm³/mol. The lowest BCUT2D eigenvalue weighted by Gasteiger charge is -2.40. The van der Waals surface area contributed by atoms with Crippen LogP contribution in [0.2, 0.25) is 0 Å². The molecule has 4 atom stereocenters. The molecule has 43 heavy (non-hydrogen) atoms. The van der Waals surface area contributed by atoms with Gasteiger partial charge in [-0.1, -0.05) is 69.8 Å². The standard InChI is InChI=1S/C35H40N4O4/c1-5-30(41)38-20-9-8-14-28(38)34(43)39(26-17-15-25(16-18-26)35(2,3)4)32(24-12-10-19-36-22-24)33(42)37-31-27-13-7-6-11-23(27)21-29(31)40/h5-7,10-13,15-19,22,28-29,31-32,40H,1,8-9,14,20-21H2,2-4H3,(H,37,42). The molecule has 0 radical (unpaired) electrons. The summed E-state index contributed by atoms with van der Waals surface area (Å²) in [7, 11) is 0. The fraction of sp³-hybridized carbons (Fsp3) is 0.371. The van der Waals surface area contributed by atoms with Gasteiger partial charge < -0.3 is 15.3 Å². The Morgan fingerprint density at radius 3 is 2.49 bits per heavy atom. The molecule has 2 N–H and O–H groups in total. The van der Waals surface area contributed by atoms with Crippen LogP contribution in [0.4, 0.5) is 5.69 Å². The molecule has 1 aliphatic heterocycles. The van der Waals surface area contributed by atoms with Gasteiger partial charge in [0.2, 0.25) is 11.8 Å². The Hall–Kier alpha value is -4.30. The molecule has 3 aromatic rings. The number of benzene rings is 2. The zero-order valence-corrected chi connectivity index (χ0v) is 25.1. The molecule has 1 fully saturated rings. The van der Waals surface area contributed by atoms with Gasteiger partial charge in [-0.05, 0) is 65.6 Å². The number of anilines is 1. The molecule has 5 rings (SSSR count). The molecule has 8 nitrogen and oxygen atoms in total. The monoisotopic (exact) mass is 580 g/mol. The number of carbonyl (C=O) groups excluding carboxylic acids is 3. The van der Waals surface area contributed by atoms with Gasteiger partial charge in [0.25, 0.3) is 5.91 Å². The number of amides is 3. The zero-order valence-electron chi connectivity index (χ0n) is 25.1. The number of rotatable bonds is 7. The molecule has 1 saturated heterocycles. The van der Waals surface area contributed by atoms with Gasteiger partial charge in [0.15, 0.2) is 0 Å². The van der Waals surface area contributed by atoms with Gasteiger partial charge in [0.1, 0.15) is 12.1 Å². The number of fused-ring (bicyclic) bond motifs is 1. The molecular weight excluding hydrogens is 540 g/mol. The number of aromatic nitrogens is 1. The minimum atomic E-state index is -1.11. The molecule has 2 aromatic carbocycles. The molecule has 2 heterocycles. The fourth-order valence-electron chi connectivity index (χ4n) is 6.19. The second kappa shape index (κ2) is 12.5. The van der Waals surface area contributed by atoms with Gasteiger partial charge in [0.05, 0.1) is 12.1 Å². The molecule has 1 aliphatic carbocycles. The van der Waals surface area contributed by atoms with Crippen LogP contribution >= 0.6 is 0 Å². The van der Waals surface area contributed by atoms with Crippen LogP contribution in [0, 0.1) is 0 Å². The van der Waals surface area contributed by atoms with Crippen LogP contribution in [0.25, 0.3) is 0 Å². The van der Waals surface area contributed by atoms with E-state index in [2.05, 4.69) is 37.7 Å². The molecule has 8 heteroatoms. The second-order valence-corrected chi connectivity index (χ2v) is 12.4. The van der Waals surface area contributed by atoms with Crippen LogP contribution in [0.5, 0.6) is 0 Å². The largest absolute Gasteiger partial charge is 0.390 e. The van der Waals surface area contributed by atoms with Crippen molar-refractivity contribution in [1.82, 2.24) is 15.2 Å². The SMILES string of the molecule is C=CC(=O)N1CCCCC1C(=O)N(c1ccc(C(C)(C)C)cc1)C(C(=O)NC1c2ccccc2CC1O)c1cccnc1. The number of piperidine rings is 1. The van der Waals surface area contributed by atoms with Crippen molar-refractivity contribution in [3.8, 4) is 0 Å². The maximum absolute atomic E-state index is 14.7. The molecule has 0 saturated carbocycles. The lowest BCUT2D eigenvalue weighted by Crippen LogP contribution is -2.55. The van der Waals surface area contributed by atoms with Gasteiger partial charge in [0, 0.05) is 36.6 Å². The smallest absolute Gasteiger partial charge is 0.250 e. The fourth-order valence-corrected chi connectivity index (χ4v) is 6.19. The van der Waals surface area contributed by atoms with Crippen LogP contribution in [0.1, 0.15) is 74.4 Å². The summed E-state index contributed by atoms with van der Waals surface area (Å²) < 4.78 is 0. The zero-order chi connectivity index (χ0) is 30.7. The van der Waals surface area contributed by atoms with E-state index in [-0.39, 0.29) is 17.2 Å². The minimum Gasteiger partial charge on any atom is -0.390 e. The number of likely N-dealkylation sites (tertiary alicyclic amines) is 1. The van der Waals surface area contributed by atoms with E-state index in [4.69, 9.17) is 0 Å². The van der Waals surface area contributed by atoms with Gasteiger partial charge in [-0.3, -0.25) is 24.3 Å². The summed E-state index contributed by atoms with van der Waals surface area (Å²) in [5, 5.41) is 14.0. The van der Waals surface area contributed by atoms with E-state index < -0.39 is 30.1 Å². The van der Waals surface area contributed by atoms with Crippen molar-refractivity contribution in [2.75, 3.05) is 11.4 Å². The van der Waals surface area contributed by atoms with Crippen LogP contribution in [-0.2, 0) is 26.2 Å². The predicted octanol–water partition coefficient (Wildman–Crippen LogP) is 4.80. The topological polar surface area (TPSA) is 103 Å². The second-order valence-electron chi connectivity index (χ2n) is 12.4. The van der Waals surface area contributed by atoms with Crippen molar-refractivity contribution >= 4 is 23.4 Å². The van der Waals surface area contributed by atoms with Crippen LogP contribution in [0.15, 0.2) is 85.7 Å². The minimum absolute atomic E-state index is 0.115. The molecule has 224 valence electrons. The Kier molecular flexibility index (Phi) is 8.78. The first kappa shape index (κ1) is 30.2. The van der Waals surface area contributed by atoms with Crippen molar-refractivity contribution in [2.45, 2.75) is 76.1 Å². The van der Waals surface area contributed by atoms with Crippen molar-refractivity contribution in [2.24, 2.45) is 0 Å². The number of pyridine rings is 1. The summed E-state index contributed by atoms with van der Waals surface area (Å²) >= 11 is 0. The third-order valence-corrected chi connectivity index (χ3v) is 8.50. The number of aliphatic hydroxyl groups excluding tert-OH is 1. The first-order chi connectivity index (χ1) is 20.6. The molecule has 1 aromatic heterocycles. The summed E-state index contributed by atoms with van der Waals surface area (Å²) in [6.45, 7) is 10.4. The number of nitrogens with zero attached hydrogens (tertiary/aromatic N) is 3. The average molecular weight is 581 g/mol. The number of carbonyl (C=O) groups is 3. The van der Waals surface area contributed by atoms with E-state index in [1.807, 2.05) is 48.5 Å². The van der Waals surface area contributed by atoms with Gasteiger partial charge in [-0.2, -0.15) is 0 Å². The first-order valence-electron chi connectivity index (χ1n) is 14.9. The van der Waals surface area contributed by atoms with E-state index in [1.54, 1.807) is 29.4 Å². The normalized spacial score (nSPS) is 20.6. The maximum Gasteiger partial charge on any atom is 0.250 e. The van der Waals surface area contributed by atoms with Gasteiger partial charge >= 0.3 is 0 Å². The highest BCUT2D eigenvalue weighted by Crippen LogP contribution is 2.36. The molecule has 3 amide bonds. The molecule has 0 spiro atoms. The van der Waals surface area contributed by atoms with E-state index >= 15 is 0 Å². The molecule has 2 aliphatic rings. The van der Waals surface area contributed by atoms with E-state index in [9.17, 15) is 19.5 Å². The van der Waals surface area contributed by atoms with E-state index in [0.29, 0.717) is 30.6 Å². The van der Waals surface area contributed by atoms with Gasteiger partial charge in [-0.25, -0.2) is 0 Å². The Morgan fingerprint density at radius 2 is 1.81 bits per heavy atom. The maximum atomic E-state index is 14.7. The summed E-state index contributed by atoms with van der Waals surface area (Å²) in [4.78, 5) is 49.3. The van der Waals surface area contributed by atoms with Crippen LogP contribution in [0.3, 0.4) is 0 Å².